The van der Waals surface area contributed by atoms with E-state index in [1.54, 1.807) is 0 Å². The van der Waals surface area contributed by atoms with E-state index in [0.29, 0.717) is 18.2 Å². The van der Waals surface area contributed by atoms with E-state index in [1.807, 2.05) is 24.3 Å². The van der Waals surface area contributed by atoms with Crippen LogP contribution < -0.4 is 15.4 Å². The van der Waals surface area contributed by atoms with Crippen LogP contribution in [-0.2, 0) is 0 Å². The van der Waals surface area contributed by atoms with Gasteiger partial charge in [0.1, 0.15) is 5.75 Å². The molecule has 4 nitrogen and oxygen atoms in total. The number of hydrogen-bond donors (Lipinski definition) is 2. The number of amides is 1. The summed E-state index contributed by atoms with van der Waals surface area (Å²) in [4.78, 5) is 12.1. The first kappa shape index (κ1) is 19.8. The van der Waals surface area contributed by atoms with E-state index in [-0.39, 0.29) is 18.3 Å². The van der Waals surface area contributed by atoms with Gasteiger partial charge in [0.25, 0.3) is 5.91 Å². The van der Waals surface area contributed by atoms with Gasteiger partial charge in [-0.2, -0.15) is 0 Å². The molecule has 0 atom stereocenters. The average molecular weight is 341 g/mol. The highest BCUT2D eigenvalue weighted by Crippen LogP contribution is 2.23. The Hall–Kier alpha value is -1.26. The highest BCUT2D eigenvalue weighted by atomic mass is 35.5. The third kappa shape index (κ3) is 7.23. The lowest BCUT2D eigenvalue weighted by atomic mass is 9.98. The molecule has 23 heavy (non-hydrogen) atoms. The number of benzene rings is 1. The predicted molar refractivity (Wildman–Crippen MR) is 96.7 cm³/mol. The summed E-state index contributed by atoms with van der Waals surface area (Å²) in [5.41, 5.74) is 0.670. The van der Waals surface area contributed by atoms with E-state index in [1.165, 1.54) is 19.3 Å². The summed E-state index contributed by atoms with van der Waals surface area (Å²) in [6, 6.07) is 7.52. The Morgan fingerprint density at radius 3 is 2.70 bits per heavy atom. The van der Waals surface area contributed by atoms with E-state index in [9.17, 15) is 4.79 Å². The highest BCUT2D eigenvalue weighted by molar-refractivity contribution is 5.94. The summed E-state index contributed by atoms with van der Waals surface area (Å²) in [5, 5.41) is 6.20. The molecule has 0 aliphatic heterocycles. The second kappa shape index (κ2) is 11.3. The number of hydrogen-bond acceptors (Lipinski definition) is 3. The van der Waals surface area contributed by atoms with Crippen molar-refractivity contribution in [1.29, 1.82) is 0 Å². The monoisotopic (exact) mass is 340 g/mol. The van der Waals surface area contributed by atoms with Crippen LogP contribution in [0.3, 0.4) is 0 Å². The van der Waals surface area contributed by atoms with E-state index in [0.717, 1.165) is 38.1 Å². The topological polar surface area (TPSA) is 50.4 Å². The Morgan fingerprint density at radius 1 is 1.17 bits per heavy atom. The molecule has 130 valence electrons. The lowest BCUT2D eigenvalue weighted by Crippen LogP contribution is -2.32. The number of carbonyl (C=O) groups excluding carboxylic acids is 1. The van der Waals surface area contributed by atoms with Crippen LogP contribution in [0.4, 0.5) is 0 Å². The van der Waals surface area contributed by atoms with Gasteiger partial charge in [-0.25, -0.2) is 0 Å². The zero-order valence-corrected chi connectivity index (χ0v) is 14.8. The lowest BCUT2D eigenvalue weighted by Gasteiger charge is -2.23. The molecule has 0 saturated heterocycles. The third-order valence-electron chi connectivity index (χ3n) is 3.97. The maximum atomic E-state index is 12.1. The summed E-state index contributed by atoms with van der Waals surface area (Å²) in [5.74, 6) is 0.774. The summed E-state index contributed by atoms with van der Waals surface area (Å²) >= 11 is 0. The fourth-order valence-electron chi connectivity index (χ4n) is 2.75. The van der Waals surface area contributed by atoms with Crippen molar-refractivity contribution >= 4 is 18.3 Å². The zero-order valence-electron chi connectivity index (χ0n) is 14.0. The molecule has 0 aromatic heterocycles. The minimum Gasteiger partial charge on any atom is -0.490 e. The minimum atomic E-state index is -0.0348. The molecule has 0 radical (unpaired) electrons. The molecule has 2 N–H and O–H groups in total. The second-order valence-electron chi connectivity index (χ2n) is 5.91. The van der Waals surface area contributed by atoms with Crippen molar-refractivity contribution in [1.82, 2.24) is 10.6 Å². The molecule has 0 bridgehead atoms. The van der Waals surface area contributed by atoms with Gasteiger partial charge in [-0.1, -0.05) is 19.4 Å². The van der Waals surface area contributed by atoms with Gasteiger partial charge in [-0.3, -0.25) is 4.79 Å². The van der Waals surface area contributed by atoms with Gasteiger partial charge in [0.15, 0.2) is 0 Å². The van der Waals surface area contributed by atoms with Crippen LogP contribution in [0.5, 0.6) is 5.75 Å². The first-order valence-corrected chi connectivity index (χ1v) is 8.55. The molecule has 0 heterocycles. The largest absolute Gasteiger partial charge is 0.490 e. The van der Waals surface area contributed by atoms with Gasteiger partial charge >= 0.3 is 0 Å². The molecule has 1 saturated carbocycles. The van der Waals surface area contributed by atoms with Gasteiger partial charge in [0.2, 0.25) is 0 Å². The summed E-state index contributed by atoms with van der Waals surface area (Å²) < 4.78 is 6.01. The molecular weight excluding hydrogens is 312 g/mol. The van der Waals surface area contributed by atoms with Crippen molar-refractivity contribution in [3.05, 3.63) is 29.8 Å². The molecule has 1 fully saturated rings. The Morgan fingerprint density at radius 2 is 1.96 bits per heavy atom. The van der Waals surface area contributed by atoms with Crippen molar-refractivity contribution in [3.63, 3.8) is 0 Å². The predicted octanol–water partition coefficient (Wildman–Crippen LogP) is 3.55. The smallest absolute Gasteiger partial charge is 0.251 e. The quantitative estimate of drug-likeness (QED) is 0.711. The number of nitrogens with one attached hydrogen (secondary N) is 2. The molecular formula is C18H29ClN2O2. The van der Waals surface area contributed by atoms with E-state index >= 15 is 0 Å². The second-order valence-corrected chi connectivity index (χ2v) is 5.91. The van der Waals surface area contributed by atoms with Crippen molar-refractivity contribution < 1.29 is 9.53 Å². The molecule has 1 amide bonds. The van der Waals surface area contributed by atoms with Gasteiger partial charge in [-0.15, -0.1) is 12.4 Å². The molecule has 5 heteroatoms. The third-order valence-corrected chi connectivity index (χ3v) is 3.97. The highest BCUT2D eigenvalue weighted by Gasteiger charge is 2.15. The van der Waals surface area contributed by atoms with E-state index in [4.69, 9.17) is 4.74 Å². The molecule has 1 aliphatic carbocycles. The normalized spacial score (nSPS) is 14.8. The maximum absolute atomic E-state index is 12.1. The molecule has 1 aromatic rings. The Labute approximate surface area is 145 Å². The maximum Gasteiger partial charge on any atom is 0.251 e. The van der Waals surface area contributed by atoms with Crippen molar-refractivity contribution in [3.8, 4) is 5.75 Å². The minimum absolute atomic E-state index is 0. The number of carbonyl (C=O) groups is 1. The first-order chi connectivity index (χ1) is 10.8. The van der Waals surface area contributed by atoms with Crippen LogP contribution in [-0.4, -0.2) is 31.6 Å². The molecule has 1 aromatic carbocycles. The van der Waals surface area contributed by atoms with Gasteiger partial charge in [0, 0.05) is 18.7 Å². The molecule has 1 aliphatic rings. The standard InChI is InChI=1S/C18H28N2O2.ClH/c1-2-11-19-12-13-20-18(21)15-7-6-10-17(14-15)22-16-8-4-3-5-9-16;/h6-7,10,14,16,19H,2-5,8-9,11-13H2,1H3,(H,20,21);1H. The fraction of sp³-hybridized carbons (Fsp3) is 0.611. The van der Waals surface area contributed by atoms with Gasteiger partial charge < -0.3 is 15.4 Å². The number of rotatable bonds is 8. The van der Waals surface area contributed by atoms with Crippen LogP contribution >= 0.6 is 12.4 Å². The van der Waals surface area contributed by atoms with Crippen molar-refractivity contribution in [2.75, 3.05) is 19.6 Å². The number of ether oxygens (including phenoxy) is 1. The summed E-state index contributed by atoms with van der Waals surface area (Å²) in [6.45, 7) is 4.56. The van der Waals surface area contributed by atoms with Crippen molar-refractivity contribution in [2.45, 2.75) is 51.6 Å². The van der Waals surface area contributed by atoms with Crippen molar-refractivity contribution in [2.24, 2.45) is 0 Å². The Kier molecular flexibility index (Phi) is 9.72. The van der Waals surface area contributed by atoms with Gasteiger partial charge in [0.05, 0.1) is 6.10 Å². The van der Waals surface area contributed by atoms with Crippen LogP contribution in [0.1, 0.15) is 55.8 Å². The molecule has 0 spiro atoms. The fourth-order valence-corrected chi connectivity index (χ4v) is 2.75. The first-order valence-electron chi connectivity index (χ1n) is 8.55. The summed E-state index contributed by atoms with van der Waals surface area (Å²) in [6.07, 6.45) is 7.47. The number of halogens is 1. The van der Waals surface area contributed by atoms with Gasteiger partial charge in [-0.05, 0) is 56.8 Å². The van der Waals surface area contributed by atoms with E-state index < -0.39 is 0 Å². The molecule has 2 rings (SSSR count). The summed E-state index contributed by atoms with van der Waals surface area (Å²) in [7, 11) is 0. The average Bonchev–Trinajstić information content (AvgIpc) is 2.56. The molecule has 0 unspecified atom stereocenters. The Balaban J connectivity index is 0.00000264. The zero-order chi connectivity index (χ0) is 15.6. The van der Waals surface area contributed by atoms with Crippen LogP contribution in [0.2, 0.25) is 0 Å². The SMILES string of the molecule is CCCNCCNC(=O)c1cccc(OC2CCCCC2)c1.Cl. The van der Waals surface area contributed by atoms with Crippen LogP contribution in [0.25, 0.3) is 0 Å². The lowest BCUT2D eigenvalue weighted by molar-refractivity contribution is 0.0952. The Bertz CT molecular complexity index is 462. The van der Waals surface area contributed by atoms with Crippen LogP contribution in [0, 0.1) is 0 Å². The van der Waals surface area contributed by atoms with Crippen LogP contribution in [0.15, 0.2) is 24.3 Å². The van der Waals surface area contributed by atoms with E-state index in [2.05, 4.69) is 17.6 Å².